The number of hydrogen-bond acceptors (Lipinski definition) is 12. The third-order valence-corrected chi connectivity index (χ3v) is 13.6. The Morgan fingerprint density at radius 3 is 0.725 bits per heavy atom. The molecule has 0 atom stereocenters. The number of aldehydes is 4. The van der Waals surface area contributed by atoms with Gasteiger partial charge in [-0.05, 0) is 74.2 Å². The topological polar surface area (TPSA) is 240 Å². The van der Waals surface area contributed by atoms with E-state index < -0.39 is 8.59 Å². The van der Waals surface area contributed by atoms with Crippen LogP contribution in [0.4, 0.5) is 0 Å². The summed E-state index contributed by atoms with van der Waals surface area (Å²) < 4.78 is -1.50. The van der Waals surface area contributed by atoms with Gasteiger partial charge in [-0.3, -0.25) is 38.8 Å². The van der Waals surface area contributed by atoms with Gasteiger partial charge >= 0.3 is 0 Å². The minimum absolute atomic E-state index is 0.152. The number of benzene rings is 4. The first-order valence-electron chi connectivity index (χ1n) is 27.3. The van der Waals surface area contributed by atoms with Crippen molar-refractivity contribution >= 4 is 94.8 Å². The predicted octanol–water partition coefficient (Wildman–Crippen LogP) is 2.57. The van der Waals surface area contributed by atoms with Crippen LogP contribution in [-0.4, -0.2) is 158 Å². The predicted molar refractivity (Wildman–Crippen MR) is 313 cm³/mol. The number of nitrogens with zero attached hydrogens (tertiary/aromatic N) is 4. The lowest BCUT2D eigenvalue weighted by Gasteiger charge is -2.27. The third kappa shape index (κ3) is 27.5. The lowest BCUT2D eigenvalue weighted by molar-refractivity contribution is -0.658. The van der Waals surface area contributed by atoms with Crippen molar-refractivity contribution in [1.82, 2.24) is 19.6 Å². The Morgan fingerprint density at radius 2 is 0.550 bits per heavy atom. The molecule has 0 spiro atoms. The first-order chi connectivity index (χ1) is 38.3. The lowest BCUT2D eigenvalue weighted by atomic mass is 10.0. The van der Waals surface area contributed by atoms with Crippen molar-refractivity contribution in [2.45, 2.75) is 88.1 Å². The zero-order valence-electron chi connectivity index (χ0n) is 46.7. The molecule has 0 saturated carbocycles. The minimum Gasteiger partial charge on any atom is -0.872 e. The average molecular weight is 1230 g/mol. The van der Waals surface area contributed by atoms with E-state index in [1.54, 1.807) is 24.3 Å². The molecule has 444 valence electrons. The Balaban J connectivity index is 0.000000370. The number of halogens is 6. The first kappa shape index (κ1) is 70.4. The van der Waals surface area contributed by atoms with Crippen LogP contribution >= 0.6 is 69.6 Å². The van der Waals surface area contributed by atoms with Crippen LogP contribution in [-0.2, 0) is 26.2 Å². The Labute approximate surface area is 503 Å². The highest BCUT2D eigenvalue weighted by Gasteiger charge is 2.16. The molecule has 2 heterocycles. The van der Waals surface area contributed by atoms with Crippen LogP contribution in [0.2, 0.25) is 0 Å². The van der Waals surface area contributed by atoms with E-state index in [0.29, 0.717) is 73.6 Å². The highest BCUT2D eigenvalue weighted by Crippen LogP contribution is 2.26. The SMILES string of the molecule is Cc1cc(C=O)c([O-])c(CN2CCC[NH2+]CCN(Cc3cc(C)cc(C=O)c3[O-])CCC[NH2+]CC2)c1.Cc1cc(C=O)c([O-])c(CN2CCC[NH2+]CCN(Cc3cc(C)cc(C=O)c3[O-])CCC[NH2+]CC2)c1.ClC(Cl)Cl.ClC(Cl)Cl. The van der Waals surface area contributed by atoms with E-state index in [1.807, 2.05) is 52.0 Å². The summed E-state index contributed by atoms with van der Waals surface area (Å²) in [5, 5.41) is 59.7. The summed E-state index contributed by atoms with van der Waals surface area (Å²) in [5.74, 6) is -0.608. The molecule has 4 aromatic carbocycles. The van der Waals surface area contributed by atoms with Gasteiger partial charge in [-0.15, -0.1) is 0 Å². The van der Waals surface area contributed by atoms with E-state index in [1.165, 1.54) is 0 Å². The molecule has 0 aliphatic carbocycles. The van der Waals surface area contributed by atoms with Gasteiger partial charge in [-0.1, -0.05) is 139 Å². The van der Waals surface area contributed by atoms with Crippen molar-refractivity contribution in [3.8, 4) is 23.0 Å². The van der Waals surface area contributed by atoms with Crippen LogP contribution < -0.4 is 41.7 Å². The molecule has 2 saturated heterocycles. The van der Waals surface area contributed by atoms with Crippen molar-refractivity contribution in [1.29, 1.82) is 0 Å². The van der Waals surface area contributed by atoms with Crippen molar-refractivity contribution in [2.75, 3.05) is 105 Å². The number of nitrogens with two attached hydrogens (primary N) is 4. The Bertz CT molecular complexity index is 2140. The number of aryl methyl sites for hydroxylation is 4. The van der Waals surface area contributed by atoms with E-state index in [0.717, 1.165) is 153 Å². The molecule has 2 aliphatic rings. The maximum Gasteiger partial charge on any atom is 0.180 e. The van der Waals surface area contributed by atoms with Gasteiger partial charge in [0.05, 0.1) is 52.4 Å². The quantitative estimate of drug-likeness (QED) is 0.118. The second-order valence-corrected chi connectivity index (χ2v) is 24.3. The molecule has 80 heavy (non-hydrogen) atoms. The normalized spacial score (nSPS) is 16.6. The van der Waals surface area contributed by atoms with E-state index >= 15 is 0 Å². The Kier molecular flexibility index (Phi) is 34.9. The van der Waals surface area contributed by atoms with Crippen LogP contribution in [0.5, 0.6) is 23.0 Å². The highest BCUT2D eigenvalue weighted by molar-refractivity contribution is 6.63. The van der Waals surface area contributed by atoms with Crippen molar-refractivity contribution in [2.24, 2.45) is 0 Å². The molecule has 6 rings (SSSR count). The van der Waals surface area contributed by atoms with Crippen molar-refractivity contribution in [3.63, 3.8) is 0 Å². The second-order valence-electron chi connectivity index (χ2n) is 20.3. The van der Waals surface area contributed by atoms with E-state index in [9.17, 15) is 39.6 Å². The fraction of sp³-hybridized carbons (Fsp3) is 0.517. The number of carbonyl (C=O) groups excluding carboxylic acids is 4. The molecule has 4 aromatic rings. The largest absolute Gasteiger partial charge is 0.872 e. The summed E-state index contributed by atoms with van der Waals surface area (Å²) in [6, 6.07) is 14.3. The number of quaternary nitrogens is 4. The van der Waals surface area contributed by atoms with Crippen molar-refractivity contribution in [3.05, 3.63) is 115 Å². The van der Waals surface area contributed by atoms with Crippen LogP contribution in [0.25, 0.3) is 0 Å². The summed E-state index contributed by atoms with van der Waals surface area (Å²) >= 11 is 28.8. The molecule has 0 unspecified atom stereocenters. The van der Waals surface area contributed by atoms with Crippen LogP contribution in [0.1, 0.15) is 112 Å². The van der Waals surface area contributed by atoms with Gasteiger partial charge in [0.15, 0.2) is 8.59 Å². The smallest absolute Gasteiger partial charge is 0.180 e. The summed E-state index contributed by atoms with van der Waals surface area (Å²) in [5.41, 5.74) is 7.53. The van der Waals surface area contributed by atoms with Gasteiger partial charge in [0.1, 0.15) is 25.1 Å². The molecule has 2 fully saturated rings. The zero-order valence-corrected chi connectivity index (χ0v) is 51.2. The molecule has 0 amide bonds. The summed E-state index contributed by atoms with van der Waals surface area (Å²) in [6.45, 7) is 24.8. The number of alkyl halides is 6. The van der Waals surface area contributed by atoms with E-state index in [-0.39, 0.29) is 45.3 Å². The molecule has 2 aliphatic heterocycles. The lowest BCUT2D eigenvalue weighted by Crippen LogP contribution is -2.87. The molecule has 16 nitrogen and oxygen atoms in total. The molecule has 0 radical (unpaired) electrons. The standard InChI is InChI=1S/2C28H40N4O4.2CHCl3/c2*1-21-13-23(27(35)25(15-21)19-33)17-31-9-3-5-30-8-12-32(10-4-6-29-7-11-31)18-24-14-22(2)16-26(20-34)28(24)36;2*2-1(3)4/h2*13-16,19-20,29-30,35-36H,3-12,17-18H2,1-2H3;2*1H. The highest BCUT2D eigenvalue weighted by atomic mass is 35.6. The van der Waals surface area contributed by atoms with E-state index in [4.69, 9.17) is 69.6 Å². The monoisotopic (exact) mass is 1230 g/mol. The van der Waals surface area contributed by atoms with Gasteiger partial charge in [0.2, 0.25) is 0 Å². The zero-order chi connectivity index (χ0) is 59.0. The van der Waals surface area contributed by atoms with Crippen LogP contribution in [0.15, 0.2) is 48.5 Å². The molecule has 0 aromatic heterocycles. The Morgan fingerprint density at radius 1 is 0.362 bits per heavy atom. The van der Waals surface area contributed by atoms with Gasteiger partial charge in [-0.2, -0.15) is 0 Å². The second kappa shape index (κ2) is 39.6. The number of rotatable bonds is 12. The van der Waals surface area contributed by atoms with E-state index in [2.05, 4.69) is 40.9 Å². The van der Waals surface area contributed by atoms with Gasteiger partial charge < -0.3 is 41.7 Å². The third-order valence-electron chi connectivity index (χ3n) is 13.6. The Hall–Kier alpha value is -3.82. The first-order valence-corrected chi connectivity index (χ1v) is 29.9. The maximum atomic E-state index is 12.6. The minimum atomic E-state index is -0.750. The number of carbonyl (C=O) groups is 4. The fourth-order valence-corrected chi connectivity index (χ4v) is 9.89. The summed E-state index contributed by atoms with van der Waals surface area (Å²) in [7, 11) is 0. The average Bonchev–Trinajstić information content (AvgIpc) is 3.40. The fourth-order valence-electron chi connectivity index (χ4n) is 9.89. The van der Waals surface area contributed by atoms with Gasteiger partial charge in [0.25, 0.3) is 0 Å². The molecule has 22 heteroatoms. The molecule has 0 bridgehead atoms. The molecular weight excluding hydrogens is 1150 g/mol. The van der Waals surface area contributed by atoms with Crippen LogP contribution in [0, 0.1) is 27.7 Å². The summed E-state index contributed by atoms with van der Waals surface area (Å²) in [6.07, 6.45) is 6.66. The van der Waals surface area contributed by atoms with Gasteiger partial charge in [0, 0.05) is 126 Å². The van der Waals surface area contributed by atoms with Crippen molar-refractivity contribution < 1.29 is 60.9 Å². The maximum absolute atomic E-state index is 12.6. The summed E-state index contributed by atoms with van der Waals surface area (Å²) in [4.78, 5) is 54.4. The molecular formula is C58H82Cl6N8O8. The van der Waals surface area contributed by atoms with Crippen LogP contribution in [0.3, 0.4) is 0 Å². The van der Waals surface area contributed by atoms with Gasteiger partial charge in [-0.25, -0.2) is 0 Å². The molecule has 8 N–H and O–H groups in total. The number of hydrogen-bond donors (Lipinski definition) is 4.